The lowest BCUT2D eigenvalue weighted by Crippen LogP contribution is -2.56. The number of rotatable bonds is 4. The Labute approximate surface area is 126 Å². The minimum absolute atomic E-state index is 0.0598. The molecule has 0 aromatic heterocycles. The fourth-order valence-electron chi connectivity index (χ4n) is 2.86. The van der Waals surface area contributed by atoms with Crippen LogP contribution >= 0.6 is 0 Å². The Kier molecular flexibility index (Phi) is 5.59. The fraction of sp³-hybridized carbons (Fsp3) is 0.923. The van der Waals surface area contributed by atoms with E-state index in [0.29, 0.717) is 39.4 Å². The number of hydrogen-bond donors (Lipinski definition) is 1. The third-order valence-corrected chi connectivity index (χ3v) is 6.25. The molecule has 0 aliphatic carbocycles. The lowest BCUT2D eigenvalue weighted by Gasteiger charge is -2.37. The summed E-state index contributed by atoms with van der Waals surface area (Å²) in [5.74, 6) is 0.210. The van der Waals surface area contributed by atoms with E-state index in [-0.39, 0.29) is 17.6 Å². The van der Waals surface area contributed by atoms with Crippen LogP contribution in [0.2, 0.25) is 0 Å². The van der Waals surface area contributed by atoms with Crippen LogP contribution < -0.4 is 5.73 Å². The number of nitrogens with zero attached hydrogens (tertiary/aromatic N) is 2. The van der Waals surface area contributed by atoms with Crippen molar-refractivity contribution in [2.75, 3.05) is 45.1 Å². The second kappa shape index (κ2) is 7.04. The molecule has 0 spiro atoms. The van der Waals surface area contributed by atoms with Crippen molar-refractivity contribution in [1.82, 2.24) is 9.21 Å². The molecule has 0 aromatic rings. The Morgan fingerprint density at radius 3 is 2.33 bits per heavy atom. The molecule has 122 valence electrons. The lowest BCUT2D eigenvalue weighted by molar-refractivity contribution is -0.135. The van der Waals surface area contributed by atoms with Crippen molar-refractivity contribution in [2.45, 2.75) is 25.8 Å². The van der Waals surface area contributed by atoms with E-state index >= 15 is 0 Å². The van der Waals surface area contributed by atoms with Gasteiger partial charge in [-0.3, -0.25) is 4.79 Å². The highest BCUT2D eigenvalue weighted by Gasteiger charge is 2.33. The van der Waals surface area contributed by atoms with E-state index in [9.17, 15) is 13.2 Å². The third-order valence-electron chi connectivity index (χ3n) is 4.37. The Hall–Kier alpha value is -0.700. The van der Waals surface area contributed by atoms with Crippen LogP contribution in [0.3, 0.4) is 0 Å². The molecule has 2 saturated heterocycles. The summed E-state index contributed by atoms with van der Waals surface area (Å²) in [6.45, 7) is 4.53. The van der Waals surface area contributed by atoms with Gasteiger partial charge >= 0.3 is 0 Å². The molecule has 21 heavy (non-hydrogen) atoms. The quantitative estimate of drug-likeness (QED) is 0.735. The number of nitrogens with two attached hydrogens (primary N) is 1. The normalized spacial score (nSPS) is 24.0. The van der Waals surface area contributed by atoms with Gasteiger partial charge in [-0.2, -0.15) is 4.31 Å². The number of piperazine rings is 1. The molecule has 0 radical (unpaired) electrons. The standard InChI is InChI=1S/C13H25N3O4S/c1-2-21(18,19)16-7-5-15(6-8-16)13(17)12(14)11-3-9-20-10-4-11/h11-12H,2-10,14H2,1H3. The minimum atomic E-state index is -3.16. The maximum atomic E-state index is 12.4. The van der Waals surface area contributed by atoms with Crippen LogP contribution in [-0.2, 0) is 19.6 Å². The number of carbonyl (C=O) groups is 1. The van der Waals surface area contributed by atoms with Crippen molar-refractivity contribution >= 4 is 15.9 Å². The van der Waals surface area contributed by atoms with Gasteiger partial charge in [0.2, 0.25) is 15.9 Å². The van der Waals surface area contributed by atoms with E-state index in [0.717, 1.165) is 12.8 Å². The average Bonchev–Trinajstić information content (AvgIpc) is 2.54. The van der Waals surface area contributed by atoms with Crippen LogP contribution in [0.5, 0.6) is 0 Å². The lowest BCUT2D eigenvalue weighted by atomic mass is 9.91. The van der Waals surface area contributed by atoms with Crippen molar-refractivity contribution in [1.29, 1.82) is 0 Å². The van der Waals surface area contributed by atoms with Gasteiger partial charge in [0.25, 0.3) is 0 Å². The van der Waals surface area contributed by atoms with Crippen molar-refractivity contribution in [3.63, 3.8) is 0 Å². The van der Waals surface area contributed by atoms with Gasteiger partial charge in [-0.05, 0) is 25.7 Å². The highest BCUT2D eigenvalue weighted by molar-refractivity contribution is 7.89. The molecule has 2 N–H and O–H groups in total. The highest BCUT2D eigenvalue weighted by Crippen LogP contribution is 2.19. The summed E-state index contributed by atoms with van der Waals surface area (Å²) < 4.78 is 30.3. The summed E-state index contributed by atoms with van der Waals surface area (Å²) in [6.07, 6.45) is 1.63. The first kappa shape index (κ1) is 16.7. The minimum Gasteiger partial charge on any atom is -0.381 e. The Morgan fingerprint density at radius 2 is 1.81 bits per heavy atom. The molecule has 0 bridgehead atoms. The third kappa shape index (κ3) is 3.94. The van der Waals surface area contributed by atoms with Gasteiger partial charge in [0.15, 0.2) is 0 Å². The average molecular weight is 319 g/mol. The van der Waals surface area contributed by atoms with Gasteiger partial charge in [0.05, 0.1) is 11.8 Å². The zero-order chi connectivity index (χ0) is 15.5. The van der Waals surface area contributed by atoms with Crippen LogP contribution in [0.1, 0.15) is 19.8 Å². The van der Waals surface area contributed by atoms with Crippen LogP contribution in [0.4, 0.5) is 0 Å². The summed E-state index contributed by atoms with van der Waals surface area (Å²) in [6, 6.07) is -0.497. The molecule has 0 aromatic carbocycles. The number of carbonyl (C=O) groups excluding carboxylic acids is 1. The molecular formula is C13H25N3O4S. The summed E-state index contributed by atoms with van der Waals surface area (Å²) in [7, 11) is -3.16. The molecular weight excluding hydrogens is 294 g/mol. The Bertz CT molecular complexity index is 454. The summed E-state index contributed by atoms with van der Waals surface area (Å²) >= 11 is 0. The molecule has 1 unspecified atom stereocenters. The number of hydrogen-bond acceptors (Lipinski definition) is 5. The predicted molar refractivity (Wildman–Crippen MR) is 79.1 cm³/mol. The molecule has 2 fully saturated rings. The molecule has 1 amide bonds. The van der Waals surface area contributed by atoms with Gasteiger partial charge in [0.1, 0.15) is 0 Å². The van der Waals surface area contributed by atoms with E-state index in [1.165, 1.54) is 4.31 Å². The smallest absolute Gasteiger partial charge is 0.239 e. The van der Waals surface area contributed by atoms with Crippen molar-refractivity contribution in [2.24, 2.45) is 11.7 Å². The largest absolute Gasteiger partial charge is 0.381 e. The second-order valence-electron chi connectivity index (χ2n) is 5.60. The molecule has 0 saturated carbocycles. The molecule has 7 nitrogen and oxygen atoms in total. The molecule has 2 rings (SSSR count). The molecule has 2 heterocycles. The van der Waals surface area contributed by atoms with E-state index in [4.69, 9.17) is 10.5 Å². The molecule has 1 atom stereocenters. The molecule has 2 aliphatic rings. The van der Waals surface area contributed by atoms with E-state index in [1.807, 2.05) is 0 Å². The topological polar surface area (TPSA) is 92.9 Å². The maximum Gasteiger partial charge on any atom is 0.239 e. The zero-order valence-electron chi connectivity index (χ0n) is 12.5. The number of amides is 1. The summed E-state index contributed by atoms with van der Waals surface area (Å²) in [5.41, 5.74) is 6.09. The number of sulfonamides is 1. The van der Waals surface area contributed by atoms with Gasteiger partial charge in [-0.15, -0.1) is 0 Å². The van der Waals surface area contributed by atoms with Crippen LogP contribution in [0.25, 0.3) is 0 Å². The number of ether oxygens (including phenoxy) is 1. The predicted octanol–water partition coefficient (Wildman–Crippen LogP) is -0.766. The van der Waals surface area contributed by atoms with Gasteiger partial charge in [-0.25, -0.2) is 8.42 Å². The van der Waals surface area contributed by atoms with Gasteiger partial charge in [-0.1, -0.05) is 0 Å². The first-order valence-corrected chi connectivity index (χ1v) is 9.16. The first-order valence-electron chi connectivity index (χ1n) is 7.55. The SMILES string of the molecule is CCS(=O)(=O)N1CCN(C(=O)C(N)C2CCOCC2)CC1. The monoisotopic (exact) mass is 319 g/mol. The van der Waals surface area contributed by atoms with Crippen molar-refractivity contribution in [3.8, 4) is 0 Å². The van der Waals surface area contributed by atoms with Crippen LogP contribution in [0, 0.1) is 5.92 Å². The first-order chi connectivity index (χ1) is 9.95. The van der Waals surface area contributed by atoms with E-state index in [1.54, 1.807) is 11.8 Å². The van der Waals surface area contributed by atoms with Crippen molar-refractivity contribution in [3.05, 3.63) is 0 Å². The van der Waals surface area contributed by atoms with E-state index < -0.39 is 16.1 Å². The maximum absolute atomic E-state index is 12.4. The summed E-state index contributed by atoms with van der Waals surface area (Å²) in [5, 5.41) is 0. The van der Waals surface area contributed by atoms with Crippen LogP contribution in [0.15, 0.2) is 0 Å². The van der Waals surface area contributed by atoms with Crippen LogP contribution in [-0.4, -0.2) is 74.7 Å². The fourth-order valence-corrected chi connectivity index (χ4v) is 3.94. The van der Waals surface area contributed by atoms with Crippen molar-refractivity contribution < 1.29 is 17.9 Å². The molecule has 8 heteroatoms. The van der Waals surface area contributed by atoms with Gasteiger partial charge < -0.3 is 15.4 Å². The second-order valence-corrected chi connectivity index (χ2v) is 7.86. The zero-order valence-corrected chi connectivity index (χ0v) is 13.3. The summed E-state index contributed by atoms with van der Waals surface area (Å²) in [4.78, 5) is 14.1. The highest BCUT2D eigenvalue weighted by atomic mass is 32.2. The molecule has 2 aliphatic heterocycles. The Balaban J connectivity index is 1.88. The Morgan fingerprint density at radius 1 is 1.24 bits per heavy atom. The van der Waals surface area contributed by atoms with Gasteiger partial charge in [0, 0.05) is 39.4 Å². The van der Waals surface area contributed by atoms with E-state index in [2.05, 4.69) is 0 Å².